The lowest BCUT2D eigenvalue weighted by atomic mass is 9.91. The Hall–Kier alpha value is -2.99. The number of nitrogens with one attached hydrogen (secondary N) is 1. The van der Waals surface area contributed by atoms with Crippen molar-refractivity contribution in [3.63, 3.8) is 0 Å². The number of H-pyrrole nitrogens is 1. The molecule has 1 saturated heterocycles. The van der Waals surface area contributed by atoms with Crippen LogP contribution in [0.4, 0.5) is 0 Å². The summed E-state index contributed by atoms with van der Waals surface area (Å²) in [5.41, 5.74) is 5.69. The van der Waals surface area contributed by atoms with Crippen molar-refractivity contribution in [1.82, 2.24) is 24.8 Å². The SMILES string of the molecule is CCCN1CCN(Cc2nc[nH]c2C)C[C@H](Cc2ccccc2-c2ccncc2)C1=O. The second-order valence-corrected chi connectivity index (χ2v) is 8.33. The van der Waals surface area contributed by atoms with Crippen LogP contribution < -0.4 is 0 Å². The van der Waals surface area contributed by atoms with Crippen molar-refractivity contribution >= 4 is 5.91 Å². The molecule has 1 N–H and O–H groups in total. The van der Waals surface area contributed by atoms with Crippen molar-refractivity contribution < 1.29 is 4.79 Å². The Bertz CT molecular complexity index is 1000. The summed E-state index contributed by atoms with van der Waals surface area (Å²) in [6.45, 7) is 8.17. The van der Waals surface area contributed by atoms with Gasteiger partial charge < -0.3 is 9.88 Å². The molecule has 1 aliphatic rings. The Morgan fingerprint density at radius 1 is 1.13 bits per heavy atom. The van der Waals surface area contributed by atoms with Gasteiger partial charge in [-0.05, 0) is 48.6 Å². The number of pyridine rings is 1. The highest BCUT2D eigenvalue weighted by molar-refractivity contribution is 5.80. The number of benzene rings is 1. The summed E-state index contributed by atoms with van der Waals surface area (Å²) < 4.78 is 0. The van der Waals surface area contributed by atoms with Gasteiger partial charge in [-0.1, -0.05) is 31.2 Å². The zero-order chi connectivity index (χ0) is 21.6. The molecule has 2 aromatic heterocycles. The minimum absolute atomic E-state index is 0.0729. The van der Waals surface area contributed by atoms with E-state index in [1.54, 1.807) is 6.33 Å². The molecule has 162 valence electrons. The van der Waals surface area contributed by atoms with Crippen molar-refractivity contribution in [2.45, 2.75) is 33.2 Å². The lowest BCUT2D eigenvalue weighted by molar-refractivity contribution is -0.134. The summed E-state index contributed by atoms with van der Waals surface area (Å²) in [5, 5.41) is 0. The molecule has 1 amide bonds. The Labute approximate surface area is 184 Å². The minimum atomic E-state index is -0.0729. The Balaban J connectivity index is 1.60. The molecule has 1 aromatic carbocycles. The van der Waals surface area contributed by atoms with Gasteiger partial charge in [0, 0.05) is 50.8 Å². The van der Waals surface area contributed by atoms with Crippen LogP contribution in [0.3, 0.4) is 0 Å². The summed E-state index contributed by atoms with van der Waals surface area (Å²) in [6.07, 6.45) is 7.09. The van der Waals surface area contributed by atoms with E-state index in [4.69, 9.17) is 0 Å². The Morgan fingerprint density at radius 2 is 1.94 bits per heavy atom. The second kappa shape index (κ2) is 9.88. The van der Waals surface area contributed by atoms with Gasteiger partial charge >= 0.3 is 0 Å². The number of aryl methyl sites for hydroxylation is 1. The molecule has 3 heterocycles. The van der Waals surface area contributed by atoms with E-state index < -0.39 is 0 Å². The standard InChI is InChI=1S/C25H31N5O/c1-3-12-30-14-13-29(17-24-19(2)27-18-28-24)16-22(25(30)31)15-21-6-4-5-7-23(21)20-8-10-26-11-9-20/h4-11,18,22H,3,12-17H2,1-2H3,(H,27,28)/t22-/m0/s1. The van der Waals surface area contributed by atoms with Crippen LogP contribution >= 0.6 is 0 Å². The predicted octanol–water partition coefficient (Wildman–Crippen LogP) is 3.69. The van der Waals surface area contributed by atoms with Crippen molar-refractivity contribution in [2.75, 3.05) is 26.2 Å². The third-order valence-corrected chi connectivity index (χ3v) is 6.10. The lowest BCUT2D eigenvalue weighted by Crippen LogP contribution is -2.37. The molecule has 6 nitrogen and oxygen atoms in total. The number of nitrogens with zero attached hydrogens (tertiary/aromatic N) is 4. The van der Waals surface area contributed by atoms with Crippen LogP contribution in [0.15, 0.2) is 55.1 Å². The van der Waals surface area contributed by atoms with E-state index in [0.29, 0.717) is 0 Å². The van der Waals surface area contributed by atoms with Crippen LogP contribution in [-0.4, -0.2) is 56.8 Å². The van der Waals surface area contributed by atoms with Crippen molar-refractivity contribution in [1.29, 1.82) is 0 Å². The molecule has 6 heteroatoms. The number of carbonyl (C=O) groups is 1. The third-order valence-electron chi connectivity index (χ3n) is 6.10. The molecule has 1 atom stereocenters. The molecule has 31 heavy (non-hydrogen) atoms. The maximum atomic E-state index is 13.5. The normalized spacial score (nSPS) is 17.7. The fraction of sp³-hybridized carbons (Fsp3) is 0.400. The van der Waals surface area contributed by atoms with E-state index in [2.05, 4.69) is 62.9 Å². The van der Waals surface area contributed by atoms with E-state index in [0.717, 1.165) is 62.5 Å². The number of carbonyl (C=O) groups excluding carboxylic acids is 1. The van der Waals surface area contributed by atoms with Gasteiger partial charge in [0.25, 0.3) is 0 Å². The van der Waals surface area contributed by atoms with Gasteiger partial charge in [0.1, 0.15) is 0 Å². The largest absolute Gasteiger partial charge is 0.348 e. The highest BCUT2D eigenvalue weighted by Crippen LogP contribution is 2.27. The van der Waals surface area contributed by atoms with E-state index in [1.165, 1.54) is 11.1 Å². The second-order valence-electron chi connectivity index (χ2n) is 8.33. The highest BCUT2D eigenvalue weighted by atomic mass is 16.2. The number of imidazole rings is 1. The van der Waals surface area contributed by atoms with E-state index >= 15 is 0 Å². The number of rotatable bonds is 7. The van der Waals surface area contributed by atoms with Crippen LogP contribution in [-0.2, 0) is 17.8 Å². The first kappa shape index (κ1) is 21.2. The molecule has 0 radical (unpaired) electrons. The summed E-state index contributed by atoms with van der Waals surface area (Å²) >= 11 is 0. The smallest absolute Gasteiger partial charge is 0.227 e. The molecule has 1 fully saturated rings. The zero-order valence-electron chi connectivity index (χ0n) is 18.4. The Kier molecular flexibility index (Phi) is 6.77. The first-order valence-electron chi connectivity index (χ1n) is 11.1. The van der Waals surface area contributed by atoms with E-state index in [1.807, 2.05) is 24.5 Å². The average Bonchev–Trinajstić information content (AvgIpc) is 3.14. The van der Waals surface area contributed by atoms with Gasteiger partial charge in [0.05, 0.1) is 17.9 Å². The van der Waals surface area contributed by atoms with E-state index in [-0.39, 0.29) is 11.8 Å². The predicted molar refractivity (Wildman–Crippen MR) is 122 cm³/mol. The summed E-state index contributed by atoms with van der Waals surface area (Å²) in [7, 11) is 0. The summed E-state index contributed by atoms with van der Waals surface area (Å²) in [4.78, 5) is 29.7. The number of amides is 1. The maximum Gasteiger partial charge on any atom is 0.227 e. The fourth-order valence-electron chi connectivity index (χ4n) is 4.43. The molecule has 4 rings (SSSR count). The lowest BCUT2D eigenvalue weighted by Gasteiger charge is -2.24. The first-order valence-corrected chi connectivity index (χ1v) is 11.1. The van der Waals surface area contributed by atoms with Crippen molar-refractivity contribution in [2.24, 2.45) is 5.92 Å². The quantitative estimate of drug-likeness (QED) is 0.637. The molecule has 0 aliphatic carbocycles. The van der Waals surface area contributed by atoms with Gasteiger partial charge in [-0.2, -0.15) is 0 Å². The fourth-order valence-corrected chi connectivity index (χ4v) is 4.43. The molecule has 3 aromatic rings. The summed E-state index contributed by atoms with van der Waals surface area (Å²) in [5.74, 6) is 0.198. The van der Waals surface area contributed by atoms with Gasteiger partial charge in [-0.15, -0.1) is 0 Å². The van der Waals surface area contributed by atoms with Gasteiger partial charge in [-0.3, -0.25) is 14.7 Å². The number of aromatic nitrogens is 3. The number of hydrogen-bond donors (Lipinski definition) is 1. The highest BCUT2D eigenvalue weighted by Gasteiger charge is 2.31. The Morgan fingerprint density at radius 3 is 2.68 bits per heavy atom. The molecule has 0 spiro atoms. The summed E-state index contributed by atoms with van der Waals surface area (Å²) in [6, 6.07) is 12.5. The third kappa shape index (κ3) is 5.02. The van der Waals surface area contributed by atoms with Crippen LogP contribution in [0.5, 0.6) is 0 Å². The number of hydrogen-bond acceptors (Lipinski definition) is 4. The van der Waals surface area contributed by atoms with Crippen LogP contribution in [0.1, 0.15) is 30.3 Å². The zero-order valence-corrected chi connectivity index (χ0v) is 18.4. The first-order chi connectivity index (χ1) is 15.2. The topological polar surface area (TPSA) is 65.1 Å². The van der Waals surface area contributed by atoms with Crippen LogP contribution in [0, 0.1) is 12.8 Å². The van der Waals surface area contributed by atoms with Crippen LogP contribution in [0.2, 0.25) is 0 Å². The maximum absolute atomic E-state index is 13.5. The molecule has 0 saturated carbocycles. The molecular weight excluding hydrogens is 386 g/mol. The van der Waals surface area contributed by atoms with Gasteiger partial charge in [0.2, 0.25) is 5.91 Å². The molecular formula is C25H31N5O. The average molecular weight is 418 g/mol. The van der Waals surface area contributed by atoms with Crippen LogP contribution in [0.25, 0.3) is 11.1 Å². The van der Waals surface area contributed by atoms with Crippen molar-refractivity contribution in [3.05, 3.63) is 72.1 Å². The molecule has 1 aliphatic heterocycles. The van der Waals surface area contributed by atoms with Crippen molar-refractivity contribution in [3.8, 4) is 11.1 Å². The minimum Gasteiger partial charge on any atom is -0.348 e. The number of aromatic amines is 1. The molecule has 0 unspecified atom stereocenters. The monoisotopic (exact) mass is 417 g/mol. The van der Waals surface area contributed by atoms with E-state index in [9.17, 15) is 4.79 Å². The van der Waals surface area contributed by atoms with Gasteiger partial charge in [-0.25, -0.2) is 4.98 Å². The molecule has 0 bridgehead atoms. The van der Waals surface area contributed by atoms with Gasteiger partial charge in [0.15, 0.2) is 0 Å².